The van der Waals surface area contributed by atoms with Crippen molar-refractivity contribution in [3.63, 3.8) is 0 Å². The molecule has 32 heavy (non-hydrogen) atoms. The number of amides is 1. The molecule has 4 rings (SSSR count). The van der Waals surface area contributed by atoms with Gasteiger partial charge in [-0.3, -0.25) is 4.79 Å². The monoisotopic (exact) mass is 495 g/mol. The molecule has 166 valence electrons. The molecule has 1 N–H and O–H groups in total. The van der Waals surface area contributed by atoms with Gasteiger partial charge in [0.1, 0.15) is 18.1 Å². The van der Waals surface area contributed by atoms with E-state index in [0.29, 0.717) is 30.2 Å². The number of benzene rings is 3. The third-order valence-corrected chi connectivity index (χ3v) is 5.88. The standard InChI is InChI=1S/C26H26BrNO4/c27-24-17-20(8-13-25(24)31-16-14-19-5-2-1-3-6-19)26(29)28-21-9-11-22(12-10-21)32-18-23-7-4-15-30-23/h1-3,5-6,8-13,17,23H,4,7,14-16,18H2,(H,28,29). The number of nitrogens with one attached hydrogen (secondary N) is 1. The summed E-state index contributed by atoms with van der Waals surface area (Å²) in [7, 11) is 0. The summed E-state index contributed by atoms with van der Waals surface area (Å²) in [5.41, 5.74) is 2.48. The summed E-state index contributed by atoms with van der Waals surface area (Å²) in [6, 6.07) is 22.9. The van der Waals surface area contributed by atoms with Gasteiger partial charge in [-0.05, 0) is 76.8 Å². The van der Waals surface area contributed by atoms with Crippen LogP contribution in [-0.4, -0.2) is 31.8 Å². The van der Waals surface area contributed by atoms with Crippen LogP contribution < -0.4 is 14.8 Å². The Kier molecular flexibility index (Phi) is 7.80. The zero-order chi connectivity index (χ0) is 22.2. The van der Waals surface area contributed by atoms with Crippen LogP contribution in [0.4, 0.5) is 5.69 Å². The molecule has 1 atom stereocenters. The van der Waals surface area contributed by atoms with Gasteiger partial charge in [0.05, 0.1) is 17.2 Å². The summed E-state index contributed by atoms with van der Waals surface area (Å²) in [5, 5.41) is 2.91. The van der Waals surface area contributed by atoms with Gasteiger partial charge in [0.2, 0.25) is 0 Å². The first kappa shape index (κ1) is 22.4. The molecule has 5 nitrogen and oxygen atoms in total. The van der Waals surface area contributed by atoms with E-state index < -0.39 is 0 Å². The van der Waals surface area contributed by atoms with Crippen molar-refractivity contribution in [2.75, 3.05) is 25.1 Å². The molecule has 0 radical (unpaired) electrons. The second kappa shape index (κ2) is 11.2. The van der Waals surface area contributed by atoms with Crippen LogP contribution in [0, 0.1) is 0 Å². The SMILES string of the molecule is O=C(Nc1ccc(OCC2CCCO2)cc1)c1ccc(OCCc2ccccc2)c(Br)c1. The van der Waals surface area contributed by atoms with Crippen molar-refractivity contribution >= 4 is 27.5 Å². The molecule has 0 bridgehead atoms. The highest BCUT2D eigenvalue weighted by Crippen LogP contribution is 2.27. The van der Waals surface area contributed by atoms with Gasteiger partial charge >= 0.3 is 0 Å². The van der Waals surface area contributed by atoms with Crippen LogP contribution in [0.1, 0.15) is 28.8 Å². The minimum atomic E-state index is -0.186. The normalized spacial score (nSPS) is 15.3. The number of anilines is 1. The summed E-state index contributed by atoms with van der Waals surface area (Å²) in [4.78, 5) is 12.6. The predicted molar refractivity (Wildman–Crippen MR) is 129 cm³/mol. The van der Waals surface area contributed by atoms with Crippen molar-refractivity contribution in [2.45, 2.75) is 25.4 Å². The van der Waals surface area contributed by atoms with Gasteiger partial charge in [-0.1, -0.05) is 30.3 Å². The Labute approximate surface area is 196 Å². The van der Waals surface area contributed by atoms with Gasteiger partial charge in [0, 0.05) is 24.3 Å². The highest BCUT2D eigenvalue weighted by atomic mass is 79.9. The van der Waals surface area contributed by atoms with Crippen molar-refractivity contribution in [3.05, 3.63) is 88.4 Å². The van der Waals surface area contributed by atoms with Crippen molar-refractivity contribution < 1.29 is 19.0 Å². The first-order valence-electron chi connectivity index (χ1n) is 10.8. The van der Waals surface area contributed by atoms with Crippen LogP contribution >= 0.6 is 15.9 Å². The second-order valence-electron chi connectivity index (χ2n) is 7.65. The fourth-order valence-electron chi connectivity index (χ4n) is 3.49. The maximum absolute atomic E-state index is 12.6. The molecular formula is C26H26BrNO4. The molecule has 1 saturated heterocycles. The third-order valence-electron chi connectivity index (χ3n) is 5.26. The highest BCUT2D eigenvalue weighted by molar-refractivity contribution is 9.10. The molecule has 0 spiro atoms. The van der Waals surface area contributed by atoms with Gasteiger partial charge in [-0.2, -0.15) is 0 Å². The van der Waals surface area contributed by atoms with Crippen molar-refractivity contribution in [2.24, 2.45) is 0 Å². The topological polar surface area (TPSA) is 56.8 Å². The van der Waals surface area contributed by atoms with Gasteiger partial charge in [-0.25, -0.2) is 0 Å². The summed E-state index contributed by atoms with van der Waals surface area (Å²) >= 11 is 3.51. The Morgan fingerprint density at radius 1 is 1.03 bits per heavy atom. The Morgan fingerprint density at radius 3 is 2.56 bits per heavy atom. The van der Waals surface area contributed by atoms with Gasteiger partial charge in [0.15, 0.2) is 0 Å². The lowest BCUT2D eigenvalue weighted by atomic mass is 10.1. The van der Waals surface area contributed by atoms with E-state index in [1.165, 1.54) is 5.56 Å². The molecule has 0 aromatic heterocycles. The molecule has 1 aliphatic heterocycles. The maximum Gasteiger partial charge on any atom is 0.255 e. The van der Waals surface area contributed by atoms with Crippen LogP contribution in [-0.2, 0) is 11.2 Å². The fourth-order valence-corrected chi connectivity index (χ4v) is 3.98. The molecule has 1 fully saturated rings. The molecule has 6 heteroatoms. The molecule has 1 unspecified atom stereocenters. The van der Waals surface area contributed by atoms with Crippen molar-refractivity contribution in [3.8, 4) is 11.5 Å². The highest BCUT2D eigenvalue weighted by Gasteiger charge is 2.16. The van der Waals surface area contributed by atoms with Gasteiger partial charge in [0.25, 0.3) is 5.91 Å². The molecule has 3 aromatic carbocycles. The minimum absolute atomic E-state index is 0.179. The zero-order valence-corrected chi connectivity index (χ0v) is 19.3. The van der Waals surface area contributed by atoms with E-state index in [2.05, 4.69) is 33.4 Å². The fraction of sp³-hybridized carbons (Fsp3) is 0.269. The summed E-state index contributed by atoms with van der Waals surface area (Å²) in [6.07, 6.45) is 3.14. The lowest BCUT2D eigenvalue weighted by Gasteiger charge is -2.12. The molecule has 1 heterocycles. The lowest BCUT2D eigenvalue weighted by molar-refractivity contribution is 0.0679. The molecule has 0 aliphatic carbocycles. The lowest BCUT2D eigenvalue weighted by Crippen LogP contribution is -2.16. The predicted octanol–water partition coefficient (Wildman–Crippen LogP) is 5.88. The van der Waals surface area contributed by atoms with Crippen molar-refractivity contribution in [1.29, 1.82) is 0 Å². The van der Waals surface area contributed by atoms with Crippen LogP contribution in [0.25, 0.3) is 0 Å². The number of rotatable bonds is 9. The van der Waals surface area contributed by atoms with Gasteiger partial charge < -0.3 is 19.5 Å². The van der Waals surface area contributed by atoms with E-state index in [9.17, 15) is 4.79 Å². The number of hydrogen-bond acceptors (Lipinski definition) is 4. The van der Waals surface area contributed by atoms with E-state index in [4.69, 9.17) is 14.2 Å². The number of halogens is 1. The van der Waals surface area contributed by atoms with E-state index in [1.54, 1.807) is 12.1 Å². The average molecular weight is 496 g/mol. The van der Waals surface area contributed by atoms with E-state index in [-0.39, 0.29) is 12.0 Å². The number of carbonyl (C=O) groups is 1. The minimum Gasteiger partial charge on any atom is -0.492 e. The molecule has 1 amide bonds. The Balaban J connectivity index is 1.27. The van der Waals surface area contributed by atoms with E-state index in [1.807, 2.05) is 48.5 Å². The van der Waals surface area contributed by atoms with Crippen LogP contribution in [0.2, 0.25) is 0 Å². The summed E-state index contributed by atoms with van der Waals surface area (Å²) < 4.78 is 17.9. The van der Waals surface area contributed by atoms with Crippen LogP contribution in [0.3, 0.4) is 0 Å². The van der Waals surface area contributed by atoms with E-state index in [0.717, 1.165) is 36.1 Å². The smallest absolute Gasteiger partial charge is 0.255 e. The number of hydrogen-bond donors (Lipinski definition) is 1. The van der Waals surface area contributed by atoms with E-state index >= 15 is 0 Å². The maximum atomic E-state index is 12.6. The van der Waals surface area contributed by atoms with Crippen LogP contribution in [0.15, 0.2) is 77.3 Å². The Hall–Kier alpha value is -2.83. The number of ether oxygens (including phenoxy) is 3. The number of carbonyl (C=O) groups excluding carboxylic acids is 1. The summed E-state index contributed by atoms with van der Waals surface area (Å²) in [6.45, 7) is 1.94. The van der Waals surface area contributed by atoms with Gasteiger partial charge in [-0.15, -0.1) is 0 Å². The van der Waals surface area contributed by atoms with Crippen molar-refractivity contribution in [1.82, 2.24) is 0 Å². The van der Waals surface area contributed by atoms with Crippen LogP contribution in [0.5, 0.6) is 11.5 Å². The third kappa shape index (κ3) is 6.34. The molecule has 3 aromatic rings. The average Bonchev–Trinajstić information content (AvgIpc) is 3.34. The molecule has 1 aliphatic rings. The first-order valence-corrected chi connectivity index (χ1v) is 11.6. The molecular weight excluding hydrogens is 470 g/mol. The Morgan fingerprint density at radius 2 is 1.84 bits per heavy atom. The largest absolute Gasteiger partial charge is 0.492 e. The zero-order valence-electron chi connectivity index (χ0n) is 17.8. The second-order valence-corrected chi connectivity index (χ2v) is 8.51. The first-order chi connectivity index (χ1) is 15.7. The molecule has 0 saturated carbocycles. The Bertz CT molecular complexity index is 1020. The quantitative estimate of drug-likeness (QED) is 0.402. The summed E-state index contributed by atoms with van der Waals surface area (Å²) in [5.74, 6) is 1.29.